The van der Waals surface area contributed by atoms with E-state index in [-0.39, 0.29) is 11.7 Å². The first-order valence-corrected chi connectivity index (χ1v) is 10.5. The Bertz CT molecular complexity index is 1050. The number of nitrogens with one attached hydrogen (secondary N) is 2. The summed E-state index contributed by atoms with van der Waals surface area (Å²) < 4.78 is 11.1. The first-order valence-electron chi connectivity index (χ1n) is 10.5. The summed E-state index contributed by atoms with van der Waals surface area (Å²) >= 11 is 0. The van der Waals surface area contributed by atoms with Crippen LogP contribution in [0.15, 0.2) is 40.8 Å². The number of anilines is 1. The van der Waals surface area contributed by atoms with Crippen LogP contribution in [-0.4, -0.2) is 31.2 Å². The molecule has 0 radical (unpaired) electrons. The van der Waals surface area contributed by atoms with Crippen LogP contribution in [0.2, 0.25) is 0 Å². The SMILES string of the molecule is COc1ccc(NC(=O)c2c(C)oc3ccc(O)c(C[NH+]4CCC(C)CC4)c23)cc1. The van der Waals surface area contributed by atoms with E-state index in [4.69, 9.17) is 9.15 Å². The Balaban J connectivity index is 1.67. The number of aryl methyl sites for hydroxylation is 1. The molecule has 1 saturated heterocycles. The summed E-state index contributed by atoms with van der Waals surface area (Å²) in [6, 6.07) is 10.6. The molecule has 1 aliphatic heterocycles. The van der Waals surface area contributed by atoms with Crippen LogP contribution in [0, 0.1) is 12.8 Å². The number of hydrogen-bond acceptors (Lipinski definition) is 4. The van der Waals surface area contributed by atoms with Gasteiger partial charge in [-0.15, -0.1) is 0 Å². The fourth-order valence-corrected chi connectivity index (χ4v) is 4.28. The molecule has 1 amide bonds. The Hall–Kier alpha value is -2.99. The van der Waals surface area contributed by atoms with Crippen molar-refractivity contribution < 1.29 is 24.0 Å². The van der Waals surface area contributed by atoms with Crippen LogP contribution in [0.4, 0.5) is 5.69 Å². The van der Waals surface area contributed by atoms with Crippen molar-refractivity contribution in [2.45, 2.75) is 33.2 Å². The van der Waals surface area contributed by atoms with Gasteiger partial charge in [-0.2, -0.15) is 0 Å². The van der Waals surface area contributed by atoms with E-state index < -0.39 is 0 Å². The number of fused-ring (bicyclic) bond motifs is 1. The van der Waals surface area contributed by atoms with Crippen LogP contribution in [-0.2, 0) is 6.54 Å². The fourth-order valence-electron chi connectivity index (χ4n) is 4.28. The Morgan fingerprint density at radius 2 is 1.90 bits per heavy atom. The molecule has 2 aromatic carbocycles. The van der Waals surface area contributed by atoms with E-state index in [9.17, 15) is 9.90 Å². The van der Waals surface area contributed by atoms with Crippen LogP contribution >= 0.6 is 0 Å². The van der Waals surface area contributed by atoms with E-state index >= 15 is 0 Å². The molecule has 1 fully saturated rings. The zero-order valence-electron chi connectivity index (χ0n) is 17.7. The van der Waals surface area contributed by atoms with Gasteiger partial charge in [0.05, 0.1) is 31.3 Å². The van der Waals surface area contributed by atoms with Gasteiger partial charge in [-0.1, -0.05) is 6.92 Å². The van der Waals surface area contributed by atoms with E-state index in [1.54, 1.807) is 50.4 Å². The summed E-state index contributed by atoms with van der Waals surface area (Å²) in [7, 11) is 1.60. The number of benzene rings is 2. The molecule has 0 atom stereocenters. The largest absolute Gasteiger partial charge is 0.507 e. The minimum atomic E-state index is -0.245. The third kappa shape index (κ3) is 4.00. The van der Waals surface area contributed by atoms with Gasteiger partial charge in [-0.3, -0.25) is 4.79 Å². The summed E-state index contributed by atoms with van der Waals surface area (Å²) in [6.45, 7) is 6.90. The standard InChI is InChI=1S/C24H28N2O4/c1-15-10-12-26(13-11-15)14-19-20(27)8-9-21-23(19)22(16(2)30-21)24(28)25-17-4-6-18(29-3)7-5-17/h4-9,15,27H,10-14H2,1-3H3,(H,25,28)/p+1. The Morgan fingerprint density at radius 3 is 2.57 bits per heavy atom. The molecule has 1 aliphatic rings. The van der Waals surface area contributed by atoms with Gasteiger partial charge >= 0.3 is 0 Å². The van der Waals surface area contributed by atoms with Gasteiger partial charge in [0.1, 0.15) is 29.4 Å². The van der Waals surface area contributed by atoms with Crippen LogP contribution in [0.25, 0.3) is 11.0 Å². The number of methoxy groups -OCH3 is 1. The molecule has 0 unspecified atom stereocenters. The first kappa shape index (κ1) is 20.3. The van der Waals surface area contributed by atoms with Crippen LogP contribution in [0.1, 0.15) is 41.4 Å². The molecule has 158 valence electrons. The number of furan rings is 1. The normalized spacial score (nSPS) is 19.0. The lowest BCUT2D eigenvalue weighted by Crippen LogP contribution is -3.11. The van der Waals surface area contributed by atoms with Crippen molar-refractivity contribution in [1.82, 2.24) is 0 Å². The lowest BCUT2D eigenvalue weighted by molar-refractivity contribution is -0.919. The van der Waals surface area contributed by atoms with Crippen molar-refractivity contribution >= 4 is 22.6 Å². The van der Waals surface area contributed by atoms with Crippen LogP contribution in [0.5, 0.6) is 11.5 Å². The lowest BCUT2D eigenvalue weighted by atomic mass is 9.97. The average Bonchev–Trinajstić information content (AvgIpc) is 3.08. The topological polar surface area (TPSA) is 76.1 Å². The number of quaternary nitrogens is 1. The molecule has 6 nitrogen and oxygen atoms in total. The van der Waals surface area contributed by atoms with Gasteiger partial charge in [0.2, 0.25) is 0 Å². The number of amides is 1. The summed E-state index contributed by atoms with van der Waals surface area (Å²) in [5.74, 6) is 1.99. The molecular formula is C24H29N2O4+. The highest BCUT2D eigenvalue weighted by atomic mass is 16.5. The van der Waals surface area contributed by atoms with E-state index in [0.29, 0.717) is 34.5 Å². The molecule has 0 bridgehead atoms. The van der Waals surface area contributed by atoms with Crippen molar-refractivity contribution in [3.8, 4) is 11.5 Å². The molecule has 4 rings (SSSR count). The van der Waals surface area contributed by atoms with Gasteiger partial charge in [-0.05, 0) is 62.1 Å². The Kier molecular flexibility index (Phi) is 5.68. The average molecular weight is 410 g/mol. The van der Waals surface area contributed by atoms with Crippen molar-refractivity contribution in [3.05, 3.63) is 53.3 Å². The highest BCUT2D eigenvalue weighted by molar-refractivity contribution is 6.14. The van der Waals surface area contributed by atoms with E-state index in [2.05, 4.69) is 12.2 Å². The maximum atomic E-state index is 13.2. The number of rotatable bonds is 5. The van der Waals surface area contributed by atoms with Crippen molar-refractivity contribution in [1.29, 1.82) is 0 Å². The zero-order chi connectivity index (χ0) is 21.3. The smallest absolute Gasteiger partial charge is 0.259 e. The number of phenolic OH excluding ortho intramolecular Hbond substituents is 1. The summed E-state index contributed by atoms with van der Waals surface area (Å²) in [5, 5.41) is 14.3. The fraction of sp³-hybridized carbons (Fsp3) is 0.375. The second-order valence-electron chi connectivity index (χ2n) is 8.26. The van der Waals surface area contributed by atoms with Gasteiger partial charge in [0, 0.05) is 11.1 Å². The number of ether oxygens (including phenoxy) is 1. The second kappa shape index (κ2) is 8.40. The number of aromatic hydroxyl groups is 1. The zero-order valence-corrected chi connectivity index (χ0v) is 17.7. The molecule has 30 heavy (non-hydrogen) atoms. The monoisotopic (exact) mass is 409 g/mol. The third-order valence-corrected chi connectivity index (χ3v) is 6.10. The summed E-state index contributed by atoms with van der Waals surface area (Å²) in [6.07, 6.45) is 2.36. The number of piperidine rings is 1. The van der Waals surface area contributed by atoms with Crippen LogP contribution < -0.4 is 15.0 Å². The summed E-state index contributed by atoms with van der Waals surface area (Å²) in [5.41, 5.74) is 2.57. The highest BCUT2D eigenvalue weighted by Crippen LogP contribution is 2.34. The van der Waals surface area contributed by atoms with Gasteiger partial charge in [0.15, 0.2) is 0 Å². The minimum absolute atomic E-state index is 0.216. The second-order valence-corrected chi connectivity index (χ2v) is 8.26. The molecule has 1 aromatic heterocycles. The van der Waals surface area contributed by atoms with E-state index in [1.807, 2.05) is 0 Å². The van der Waals surface area contributed by atoms with Crippen LogP contribution in [0.3, 0.4) is 0 Å². The number of hydrogen-bond donors (Lipinski definition) is 3. The maximum absolute atomic E-state index is 13.2. The maximum Gasteiger partial charge on any atom is 0.259 e. The molecule has 2 heterocycles. The van der Waals surface area contributed by atoms with E-state index in [0.717, 1.165) is 30.3 Å². The van der Waals surface area contributed by atoms with Gasteiger partial charge in [-0.25, -0.2) is 0 Å². The van der Waals surface area contributed by atoms with E-state index in [1.165, 1.54) is 17.7 Å². The molecule has 6 heteroatoms. The van der Waals surface area contributed by atoms with Crippen molar-refractivity contribution in [2.24, 2.45) is 5.92 Å². The molecule has 3 aromatic rings. The predicted octanol–water partition coefficient (Wildman–Crippen LogP) is 3.52. The molecule has 0 spiro atoms. The first-order chi connectivity index (χ1) is 14.5. The number of carbonyl (C=O) groups is 1. The van der Waals surface area contributed by atoms with Gasteiger partial charge < -0.3 is 24.5 Å². The molecule has 3 N–H and O–H groups in total. The van der Waals surface area contributed by atoms with Gasteiger partial charge in [0.25, 0.3) is 5.91 Å². The number of phenols is 1. The minimum Gasteiger partial charge on any atom is -0.507 e. The van der Waals surface area contributed by atoms with Crippen molar-refractivity contribution in [2.75, 3.05) is 25.5 Å². The molecular weight excluding hydrogens is 380 g/mol. The number of carbonyl (C=O) groups excluding carboxylic acids is 1. The Morgan fingerprint density at radius 1 is 1.20 bits per heavy atom. The molecule has 0 saturated carbocycles. The molecule has 0 aliphatic carbocycles. The van der Waals surface area contributed by atoms with Crippen molar-refractivity contribution in [3.63, 3.8) is 0 Å². The number of likely N-dealkylation sites (tertiary alicyclic amines) is 1. The summed E-state index contributed by atoms with van der Waals surface area (Å²) in [4.78, 5) is 14.6. The quantitative estimate of drug-likeness (QED) is 0.603. The lowest BCUT2D eigenvalue weighted by Gasteiger charge is -2.27. The Labute approximate surface area is 176 Å². The third-order valence-electron chi connectivity index (χ3n) is 6.10. The highest BCUT2D eigenvalue weighted by Gasteiger charge is 2.26. The predicted molar refractivity (Wildman–Crippen MR) is 116 cm³/mol.